The Morgan fingerprint density at radius 2 is 2.00 bits per heavy atom. The minimum absolute atomic E-state index is 0.0651. The second-order valence-electron chi connectivity index (χ2n) is 5.89. The molecule has 3 rings (SSSR count). The Morgan fingerprint density at radius 1 is 1.23 bits per heavy atom. The topological polar surface area (TPSA) is 93.9 Å². The molecule has 0 aromatic heterocycles. The van der Waals surface area contributed by atoms with E-state index in [0.717, 1.165) is 11.1 Å². The number of nitro groups is 1. The van der Waals surface area contributed by atoms with Crippen LogP contribution in [-0.2, 0) is 6.54 Å². The summed E-state index contributed by atoms with van der Waals surface area (Å²) in [6, 6.07) is 9.60. The van der Waals surface area contributed by atoms with Crippen molar-refractivity contribution >= 4 is 17.4 Å². The van der Waals surface area contributed by atoms with Gasteiger partial charge >= 0.3 is 6.03 Å². The molecule has 0 radical (unpaired) electrons. The van der Waals surface area contributed by atoms with E-state index in [0.29, 0.717) is 30.3 Å². The molecule has 0 aliphatic carbocycles. The lowest BCUT2D eigenvalue weighted by Gasteiger charge is -2.22. The molecule has 0 spiro atoms. The smallest absolute Gasteiger partial charge is 0.322 e. The van der Waals surface area contributed by atoms with E-state index < -0.39 is 4.92 Å². The fourth-order valence-electron chi connectivity index (χ4n) is 2.64. The van der Waals surface area contributed by atoms with Gasteiger partial charge in [-0.15, -0.1) is 0 Å². The summed E-state index contributed by atoms with van der Waals surface area (Å²) in [6.45, 7) is 4.71. The van der Waals surface area contributed by atoms with Crippen molar-refractivity contribution in [2.75, 3.05) is 18.7 Å². The molecule has 2 amide bonds. The molecule has 2 aromatic rings. The highest BCUT2D eigenvalue weighted by Crippen LogP contribution is 2.33. The Hall–Kier alpha value is -3.29. The highest BCUT2D eigenvalue weighted by atomic mass is 16.7. The first-order chi connectivity index (χ1) is 12.5. The van der Waals surface area contributed by atoms with E-state index in [9.17, 15) is 14.9 Å². The van der Waals surface area contributed by atoms with Gasteiger partial charge in [-0.3, -0.25) is 10.1 Å². The number of rotatable bonds is 5. The zero-order valence-electron chi connectivity index (χ0n) is 14.5. The number of nitrogens with zero attached hydrogens (tertiary/aromatic N) is 2. The number of ether oxygens (including phenoxy) is 2. The summed E-state index contributed by atoms with van der Waals surface area (Å²) in [7, 11) is 0. The zero-order valence-corrected chi connectivity index (χ0v) is 14.5. The maximum absolute atomic E-state index is 12.6. The van der Waals surface area contributed by atoms with Crippen LogP contribution in [0.15, 0.2) is 36.4 Å². The quantitative estimate of drug-likeness (QED) is 0.651. The van der Waals surface area contributed by atoms with Crippen LogP contribution >= 0.6 is 0 Å². The van der Waals surface area contributed by atoms with Crippen molar-refractivity contribution in [1.82, 2.24) is 4.90 Å². The standard InChI is InChI=1S/C18H19N3O5/c1-3-20(10-13-5-7-16-17(8-13)26-11-25-16)18(22)19-15-9-14(21(23)24)6-4-12(15)2/h4-9H,3,10-11H2,1-2H3,(H,19,22). The third-order valence-electron chi connectivity index (χ3n) is 4.15. The lowest BCUT2D eigenvalue weighted by molar-refractivity contribution is -0.384. The van der Waals surface area contributed by atoms with Crippen LogP contribution in [0.25, 0.3) is 0 Å². The summed E-state index contributed by atoms with van der Waals surface area (Å²) in [5.41, 5.74) is 2.02. The first-order valence-corrected chi connectivity index (χ1v) is 8.17. The number of anilines is 1. The van der Waals surface area contributed by atoms with Crippen molar-refractivity contribution in [3.05, 3.63) is 57.6 Å². The fourth-order valence-corrected chi connectivity index (χ4v) is 2.64. The summed E-state index contributed by atoms with van der Waals surface area (Å²) in [4.78, 5) is 24.7. The van der Waals surface area contributed by atoms with Gasteiger partial charge in [0.05, 0.1) is 10.6 Å². The number of carbonyl (C=O) groups is 1. The summed E-state index contributed by atoms with van der Waals surface area (Å²) in [6.07, 6.45) is 0. The van der Waals surface area contributed by atoms with E-state index in [1.165, 1.54) is 12.1 Å². The zero-order chi connectivity index (χ0) is 18.7. The van der Waals surface area contributed by atoms with E-state index in [-0.39, 0.29) is 18.5 Å². The molecule has 26 heavy (non-hydrogen) atoms. The Morgan fingerprint density at radius 3 is 2.73 bits per heavy atom. The molecule has 0 saturated carbocycles. The SMILES string of the molecule is CCN(Cc1ccc2c(c1)OCO2)C(=O)Nc1cc([N+](=O)[O-])ccc1C. The van der Waals surface area contributed by atoms with Crippen molar-refractivity contribution in [2.45, 2.75) is 20.4 Å². The Balaban J connectivity index is 1.73. The lowest BCUT2D eigenvalue weighted by Crippen LogP contribution is -2.34. The molecule has 1 aliphatic heterocycles. The number of nitrogens with one attached hydrogen (secondary N) is 1. The highest BCUT2D eigenvalue weighted by molar-refractivity contribution is 5.90. The third kappa shape index (κ3) is 3.69. The molecule has 0 fully saturated rings. The maximum atomic E-state index is 12.6. The van der Waals surface area contributed by atoms with Crippen molar-refractivity contribution in [2.24, 2.45) is 0 Å². The number of benzene rings is 2. The molecule has 1 N–H and O–H groups in total. The monoisotopic (exact) mass is 357 g/mol. The molecule has 1 heterocycles. The Labute approximate surface area is 150 Å². The maximum Gasteiger partial charge on any atom is 0.322 e. The molecule has 0 saturated heterocycles. The molecule has 0 unspecified atom stereocenters. The van der Waals surface area contributed by atoms with Gasteiger partial charge in [-0.25, -0.2) is 4.79 Å². The minimum Gasteiger partial charge on any atom is -0.454 e. The second-order valence-corrected chi connectivity index (χ2v) is 5.89. The van der Waals surface area contributed by atoms with Crippen molar-refractivity contribution in [3.8, 4) is 11.5 Å². The molecule has 1 aliphatic rings. The van der Waals surface area contributed by atoms with Crippen LogP contribution in [-0.4, -0.2) is 29.2 Å². The predicted molar refractivity (Wildman–Crippen MR) is 95.5 cm³/mol. The van der Waals surface area contributed by atoms with Gasteiger partial charge in [0.2, 0.25) is 6.79 Å². The second kappa shape index (κ2) is 7.30. The van der Waals surface area contributed by atoms with Crippen LogP contribution in [0, 0.1) is 17.0 Å². The molecule has 2 aromatic carbocycles. The van der Waals surface area contributed by atoms with Crippen LogP contribution in [0.5, 0.6) is 11.5 Å². The largest absolute Gasteiger partial charge is 0.454 e. The summed E-state index contributed by atoms with van der Waals surface area (Å²) in [5.74, 6) is 1.35. The first kappa shape index (κ1) is 17.5. The van der Waals surface area contributed by atoms with Gasteiger partial charge in [-0.2, -0.15) is 0 Å². The van der Waals surface area contributed by atoms with E-state index >= 15 is 0 Å². The molecule has 0 bridgehead atoms. The number of nitro benzene ring substituents is 1. The number of hydrogen-bond donors (Lipinski definition) is 1. The van der Waals surface area contributed by atoms with E-state index in [1.54, 1.807) is 17.9 Å². The van der Waals surface area contributed by atoms with Gasteiger partial charge in [0.15, 0.2) is 11.5 Å². The average molecular weight is 357 g/mol. The van der Waals surface area contributed by atoms with Crippen LogP contribution in [0.4, 0.5) is 16.2 Å². The Bertz CT molecular complexity index is 853. The fraction of sp³-hybridized carbons (Fsp3) is 0.278. The number of hydrogen-bond acceptors (Lipinski definition) is 5. The molecular formula is C18H19N3O5. The minimum atomic E-state index is -0.487. The number of amides is 2. The number of carbonyl (C=O) groups excluding carboxylic acids is 1. The van der Waals surface area contributed by atoms with Gasteiger partial charge in [-0.05, 0) is 37.1 Å². The molecular weight excluding hydrogens is 338 g/mol. The Kier molecular flexibility index (Phi) is 4.92. The first-order valence-electron chi connectivity index (χ1n) is 8.17. The van der Waals surface area contributed by atoms with Gasteiger partial charge in [0.1, 0.15) is 0 Å². The van der Waals surface area contributed by atoms with E-state index in [2.05, 4.69) is 5.32 Å². The number of non-ortho nitro benzene ring substituents is 1. The average Bonchev–Trinajstić information content (AvgIpc) is 3.08. The van der Waals surface area contributed by atoms with E-state index in [4.69, 9.17) is 9.47 Å². The third-order valence-corrected chi connectivity index (χ3v) is 4.15. The number of fused-ring (bicyclic) bond motifs is 1. The summed E-state index contributed by atoms with van der Waals surface area (Å²) < 4.78 is 10.6. The van der Waals surface area contributed by atoms with Crippen molar-refractivity contribution in [1.29, 1.82) is 0 Å². The summed E-state index contributed by atoms with van der Waals surface area (Å²) >= 11 is 0. The van der Waals surface area contributed by atoms with Gasteiger partial charge < -0.3 is 19.7 Å². The van der Waals surface area contributed by atoms with Crippen LogP contribution in [0.1, 0.15) is 18.1 Å². The van der Waals surface area contributed by atoms with Crippen LogP contribution in [0.3, 0.4) is 0 Å². The van der Waals surface area contributed by atoms with Gasteiger partial charge in [-0.1, -0.05) is 12.1 Å². The lowest BCUT2D eigenvalue weighted by atomic mass is 10.1. The van der Waals surface area contributed by atoms with Crippen LogP contribution in [0.2, 0.25) is 0 Å². The van der Waals surface area contributed by atoms with Gasteiger partial charge in [0.25, 0.3) is 5.69 Å². The normalized spacial score (nSPS) is 11.9. The number of urea groups is 1. The predicted octanol–water partition coefficient (Wildman–Crippen LogP) is 3.69. The summed E-state index contributed by atoms with van der Waals surface area (Å²) in [5, 5.41) is 13.7. The van der Waals surface area contributed by atoms with E-state index in [1.807, 2.05) is 25.1 Å². The van der Waals surface area contributed by atoms with Crippen LogP contribution < -0.4 is 14.8 Å². The highest BCUT2D eigenvalue weighted by Gasteiger charge is 2.18. The van der Waals surface area contributed by atoms with Crippen molar-refractivity contribution < 1.29 is 19.2 Å². The molecule has 136 valence electrons. The molecule has 0 atom stereocenters. The molecule has 8 nitrogen and oxygen atoms in total. The van der Waals surface area contributed by atoms with Gasteiger partial charge in [0, 0.05) is 25.2 Å². The number of aryl methyl sites for hydroxylation is 1. The molecule has 8 heteroatoms. The van der Waals surface area contributed by atoms with Crippen molar-refractivity contribution in [3.63, 3.8) is 0 Å².